The van der Waals surface area contributed by atoms with Crippen LogP contribution in [0.4, 0.5) is 4.39 Å². The number of hydrogen-bond acceptors (Lipinski definition) is 5. The molecule has 2 fully saturated rings. The van der Waals surface area contributed by atoms with Crippen LogP contribution in [0.1, 0.15) is 58.0 Å². The van der Waals surface area contributed by atoms with E-state index in [4.69, 9.17) is 9.72 Å². The summed E-state index contributed by atoms with van der Waals surface area (Å²) >= 11 is 1.66. The fraction of sp³-hybridized carbons (Fsp3) is 0.361. The van der Waals surface area contributed by atoms with E-state index in [9.17, 15) is 14.0 Å². The summed E-state index contributed by atoms with van der Waals surface area (Å²) in [6.45, 7) is 6.25. The molecule has 0 unspecified atom stereocenters. The Bertz CT molecular complexity index is 2020. The number of aryl methyl sites for hydroxylation is 1. The minimum absolute atomic E-state index is 0.0239. The van der Waals surface area contributed by atoms with Gasteiger partial charge in [0.1, 0.15) is 17.6 Å². The molecule has 2 amide bonds. The highest BCUT2D eigenvalue weighted by Crippen LogP contribution is 2.45. The van der Waals surface area contributed by atoms with Gasteiger partial charge < -0.3 is 19.5 Å². The number of carbonyl (C=O) groups excluding carboxylic acids is 2. The minimum Gasteiger partial charge on any atom is -0.496 e. The Morgan fingerprint density at radius 2 is 1.98 bits per heavy atom. The van der Waals surface area contributed by atoms with Gasteiger partial charge in [-0.05, 0) is 91.6 Å². The van der Waals surface area contributed by atoms with Crippen molar-refractivity contribution < 1.29 is 18.7 Å². The molecule has 5 heterocycles. The van der Waals surface area contributed by atoms with Crippen molar-refractivity contribution in [3.8, 4) is 27.6 Å². The Morgan fingerprint density at radius 1 is 1.13 bits per heavy atom. The fourth-order valence-corrected chi connectivity index (χ4v) is 8.39. The summed E-state index contributed by atoms with van der Waals surface area (Å²) in [7, 11) is 1.64. The van der Waals surface area contributed by atoms with Crippen molar-refractivity contribution in [3.63, 3.8) is 0 Å². The van der Waals surface area contributed by atoms with Gasteiger partial charge in [0, 0.05) is 51.8 Å². The Balaban J connectivity index is 1.22. The average molecular weight is 623 g/mol. The molecule has 0 spiro atoms. The molecule has 1 aliphatic carbocycles. The average Bonchev–Trinajstić information content (AvgIpc) is 3.56. The third-order valence-corrected chi connectivity index (χ3v) is 10.8. The van der Waals surface area contributed by atoms with Crippen LogP contribution in [0.5, 0.6) is 5.75 Å². The summed E-state index contributed by atoms with van der Waals surface area (Å²) in [4.78, 5) is 33.6. The van der Waals surface area contributed by atoms with Gasteiger partial charge in [0.15, 0.2) is 0 Å². The zero-order valence-electron chi connectivity index (χ0n) is 25.7. The lowest BCUT2D eigenvalue weighted by Crippen LogP contribution is -2.44. The maximum absolute atomic E-state index is 14.4. The number of fused-ring (bicyclic) bond motifs is 3. The van der Waals surface area contributed by atoms with E-state index in [1.807, 2.05) is 31.2 Å². The van der Waals surface area contributed by atoms with Crippen molar-refractivity contribution in [3.05, 3.63) is 70.8 Å². The van der Waals surface area contributed by atoms with Gasteiger partial charge in [0.2, 0.25) is 0 Å². The van der Waals surface area contributed by atoms with Crippen molar-refractivity contribution in [1.82, 2.24) is 19.8 Å². The van der Waals surface area contributed by atoms with Crippen LogP contribution in [0.25, 0.3) is 42.9 Å². The van der Waals surface area contributed by atoms with Crippen molar-refractivity contribution >= 4 is 44.3 Å². The molecule has 3 aliphatic rings. The first kappa shape index (κ1) is 28.2. The van der Waals surface area contributed by atoms with E-state index >= 15 is 0 Å². The Hall–Kier alpha value is -4.24. The number of nitrogens with zero attached hydrogens (tertiary/aromatic N) is 3. The smallest absolute Gasteiger partial charge is 0.254 e. The van der Waals surface area contributed by atoms with Crippen molar-refractivity contribution in [1.29, 1.82) is 0 Å². The number of nitrogens with one attached hydrogen (secondary N) is 1. The van der Waals surface area contributed by atoms with Gasteiger partial charge in [0.05, 0.1) is 29.9 Å². The van der Waals surface area contributed by atoms with E-state index in [1.165, 1.54) is 12.8 Å². The van der Waals surface area contributed by atoms with E-state index in [0.29, 0.717) is 36.7 Å². The lowest BCUT2D eigenvalue weighted by molar-refractivity contribution is 0.0555. The number of thiophene rings is 1. The van der Waals surface area contributed by atoms with Crippen LogP contribution in [-0.2, 0) is 13.1 Å². The number of hydrogen-bond donors (Lipinski definition) is 1. The van der Waals surface area contributed by atoms with Gasteiger partial charge in [-0.3, -0.25) is 9.59 Å². The molecule has 5 aromatic rings. The highest BCUT2D eigenvalue weighted by Gasteiger charge is 2.30. The van der Waals surface area contributed by atoms with Crippen LogP contribution in [0.2, 0.25) is 0 Å². The standard InChI is InChI=1S/C36H35FN4O3S/c1-19-10-26(37)18-40(16-19)36(43)24-13-30(44-3)32-20(2)33(45-31(32)14-24)29-12-23-7-9-28(39-34(23)41(29)17-21-4-5-21)22-6-8-27-25(11-22)15-38-35(27)42/h6-9,11-14,19,21,26H,4-5,10,15-18H2,1-3H3,(H,38,42)/t19-,26-/m1/s1. The van der Waals surface area contributed by atoms with Gasteiger partial charge >= 0.3 is 0 Å². The number of aromatic nitrogens is 2. The summed E-state index contributed by atoms with van der Waals surface area (Å²) in [5.74, 6) is 1.24. The molecule has 7 nitrogen and oxygen atoms in total. The predicted octanol–water partition coefficient (Wildman–Crippen LogP) is 7.38. The number of alkyl halides is 1. The summed E-state index contributed by atoms with van der Waals surface area (Å²) in [6.07, 6.45) is 1.93. The molecule has 2 atom stereocenters. The Kier molecular flexibility index (Phi) is 6.71. The largest absolute Gasteiger partial charge is 0.496 e. The van der Waals surface area contributed by atoms with Gasteiger partial charge in [-0.1, -0.05) is 13.0 Å². The van der Waals surface area contributed by atoms with Crippen LogP contribution < -0.4 is 10.1 Å². The molecule has 1 saturated heterocycles. The maximum atomic E-state index is 14.4. The topological polar surface area (TPSA) is 76.5 Å². The molecule has 2 aromatic carbocycles. The molecule has 3 aromatic heterocycles. The van der Waals surface area contributed by atoms with Crippen molar-refractivity contribution in [2.45, 2.75) is 52.4 Å². The molecular formula is C36H35FN4O3S. The second-order valence-corrected chi connectivity index (χ2v) is 14.1. The number of benzene rings is 2. The summed E-state index contributed by atoms with van der Waals surface area (Å²) in [6, 6.07) is 16.1. The van der Waals surface area contributed by atoms with Crippen LogP contribution >= 0.6 is 11.3 Å². The maximum Gasteiger partial charge on any atom is 0.254 e. The molecule has 0 radical (unpaired) electrons. The normalized spacial score (nSPS) is 19.7. The lowest BCUT2D eigenvalue weighted by Gasteiger charge is -2.33. The Morgan fingerprint density at radius 3 is 2.76 bits per heavy atom. The number of pyridine rings is 1. The first-order chi connectivity index (χ1) is 21.8. The second-order valence-electron chi connectivity index (χ2n) is 13.0. The van der Waals surface area contributed by atoms with Gasteiger partial charge in [-0.15, -0.1) is 11.3 Å². The zero-order valence-corrected chi connectivity index (χ0v) is 26.5. The van der Waals surface area contributed by atoms with Gasteiger partial charge in [-0.25, -0.2) is 9.37 Å². The zero-order chi connectivity index (χ0) is 31.0. The number of piperidine rings is 1. The summed E-state index contributed by atoms with van der Waals surface area (Å²) in [5, 5.41) is 4.98. The van der Waals surface area contributed by atoms with E-state index in [2.05, 4.69) is 41.1 Å². The highest BCUT2D eigenvalue weighted by atomic mass is 32.1. The number of rotatable bonds is 6. The molecule has 1 saturated carbocycles. The minimum atomic E-state index is -0.995. The number of methoxy groups -OCH3 is 1. The molecule has 1 N–H and O–H groups in total. The first-order valence-corrected chi connectivity index (χ1v) is 16.6. The van der Waals surface area contributed by atoms with Crippen LogP contribution in [0, 0.1) is 18.8 Å². The fourth-order valence-electron chi connectivity index (χ4n) is 7.10. The third-order valence-electron chi connectivity index (χ3n) is 9.56. The molecular weight excluding hydrogens is 587 g/mol. The molecule has 9 heteroatoms. The number of amides is 2. The molecule has 2 aliphatic heterocycles. The van der Waals surface area contributed by atoms with E-state index in [0.717, 1.165) is 66.2 Å². The molecule has 45 heavy (non-hydrogen) atoms. The van der Waals surface area contributed by atoms with Crippen LogP contribution in [-0.4, -0.2) is 52.6 Å². The quantitative estimate of drug-likeness (QED) is 0.215. The monoisotopic (exact) mass is 622 g/mol. The first-order valence-electron chi connectivity index (χ1n) is 15.7. The molecule has 230 valence electrons. The number of halogens is 1. The molecule has 0 bridgehead atoms. The van der Waals surface area contributed by atoms with E-state index in [-0.39, 0.29) is 24.3 Å². The number of ether oxygens (including phenoxy) is 1. The Labute approximate surface area is 265 Å². The summed E-state index contributed by atoms with van der Waals surface area (Å²) < 4.78 is 23.6. The predicted molar refractivity (Wildman–Crippen MR) is 176 cm³/mol. The van der Waals surface area contributed by atoms with Gasteiger partial charge in [0.25, 0.3) is 11.8 Å². The van der Waals surface area contributed by atoms with Crippen molar-refractivity contribution in [2.24, 2.45) is 11.8 Å². The SMILES string of the molecule is COc1cc(C(=O)N2C[C@H](C)C[C@@H](F)C2)cc2sc(-c3cc4ccc(-c5ccc6c(c5)CNC6=O)nc4n3CC3CC3)c(C)c12. The van der Waals surface area contributed by atoms with E-state index < -0.39 is 6.17 Å². The van der Waals surface area contributed by atoms with E-state index in [1.54, 1.807) is 23.3 Å². The number of carbonyl (C=O) groups is 2. The molecule has 8 rings (SSSR count). The number of likely N-dealkylation sites (tertiary alicyclic amines) is 1. The van der Waals surface area contributed by atoms with Crippen molar-refractivity contribution in [2.75, 3.05) is 20.2 Å². The van der Waals surface area contributed by atoms with Crippen LogP contribution in [0.3, 0.4) is 0 Å². The van der Waals surface area contributed by atoms with Gasteiger partial charge in [-0.2, -0.15) is 0 Å². The van der Waals surface area contributed by atoms with Crippen LogP contribution in [0.15, 0.2) is 48.5 Å². The second kappa shape index (κ2) is 10.7. The third kappa shape index (κ3) is 4.88. The highest BCUT2D eigenvalue weighted by molar-refractivity contribution is 7.22. The lowest BCUT2D eigenvalue weighted by atomic mass is 9.98. The summed E-state index contributed by atoms with van der Waals surface area (Å²) in [5.41, 5.74) is 7.31.